The van der Waals surface area contributed by atoms with Crippen LogP contribution in [0, 0.1) is 0 Å². The molecular weight excluding hydrogens is 346 g/mol. The summed E-state index contributed by atoms with van der Waals surface area (Å²) in [5, 5.41) is 4.54. The molecule has 4 heteroatoms. The maximum atomic E-state index is 13.0. The molecule has 2 N–H and O–H groups in total. The van der Waals surface area contributed by atoms with Gasteiger partial charge in [0.1, 0.15) is 0 Å². The van der Waals surface area contributed by atoms with E-state index < -0.39 is 0 Å². The molecular formula is C24H23N3O. The predicted octanol–water partition coefficient (Wildman–Crippen LogP) is 4.66. The van der Waals surface area contributed by atoms with Gasteiger partial charge in [-0.15, -0.1) is 0 Å². The summed E-state index contributed by atoms with van der Waals surface area (Å²) in [7, 11) is 0. The summed E-state index contributed by atoms with van der Waals surface area (Å²) in [5.74, 6) is 0.0244. The van der Waals surface area contributed by atoms with Crippen LogP contribution in [0.3, 0.4) is 0 Å². The fourth-order valence-electron chi connectivity index (χ4n) is 3.43. The number of benzene rings is 3. The molecule has 0 fully saturated rings. The van der Waals surface area contributed by atoms with Crippen LogP contribution in [0.2, 0.25) is 0 Å². The van der Waals surface area contributed by atoms with Crippen LogP contribution in [0.1, 0.15) is 5.56 Å². The third kappa shape index (κ3) is 3.97. The lowest BCUT2D eigenvalue weighted by molar-refractivity contribution is -0.117. The highest BCUT2D eigenvalue weighted by Crippen LogP contribution is 2.24. The predicted molar refractivity (Wildman–Crippen MR) is 115 cm³/mol. The number of carbonyl (C=O) groups excluding carboxylic acids is 1. The van der Waals surface area contributed by atoms with Crippen LogP contribution in [-0.2, 0) is 11.2 Å². The first kappa shape index (κ1) is 18.0. The smallest absolute Gasteiger partial charge is 0.245 e. The number of nitrogens with one attached hydrogen (secondary N) is 2. The number of fused-ring (bicyclic) bond motifs is 1. The molecule has 0 saturated carbocycles. The zero-order valence-corrected chi connectivity index (χ0v) is 15.6. The summed E-state index contributed by atoms with van der Waals surface area (Å²) in [6, 6.07) is 27.8. The van der Waals surface area contributed by atoms with Crippen molar-refractivity contribution in [3.63, 3.8) is 0 Å². The normalized spacial score (nSPS) is 10.9. The van der Waals surface area contributed by atoms with Gasteiger partial charge in [-0.05, 0) is 48.9 Å². The number of H-pyrrole nitrogens is 1. The summed E-state index contributed by atoms with van der Waals surface area (Å²) in [5.41, 5.74) is 4.15. The first-order valence-electron chi connectivity index (χ1n) is 9.52. The Kier molecular flexibility index (Phi) is 5.50. The standard InChI is InChI=1S/C24H23N3O/c28-24(18-25-16-15-19-17-26-23-14-8-7-13-22(19)23)27(20-9-3-1-4-10-20)21-11-5-2-6-12-21/h1-14,17,25-26H,15-16,18H2. The van der Waals surface area contributed by atoms with E-state index in [-0.39, 0.29) is 12.5 Å². The van der Waals surface area contributed by atoms with E-state index in [0.717, 1.165) is 29.9 Å². The molecule has 0 aliphatic carbocycles. The summed E-state index contributed by atoms with van der Waals surface area (Å²) in [6.07, 6.45) is 2.92. The topological polar surface area (TPSA) is 48.1 Å². The quantitative estimate of drug-likeness (QED) is 0.465. The lowest BCUT2D eigenvalue weighted by Gasteiger charge is -2.23. The highest BCUT2D eigenvalue weighted by Gasteiger charge is 2.17. The Morgan fingerprint density at radius 3 is 2.11 bits per heavy atom. The van der Waals surface area contributed by atoms with Gasteiger partial charge in [-0.2, -0.15) is 0 Å². The fraction of sp³-hybridized carbons (Fsp3) is 0.125. The summed E-state index contributed by atoms with van der Waals surface area (Å²) in [4.78, 5) is 18.0. The third-order valence-corrected chi connectivity index (χ3v) is 4.80. The number of aromatic amines is 1. The van der Waals surface area contributed by atoms with Crippen molar-refractivity contribution in [1.82, 2.24) is 10.3 Å². The van der Waals surface area contributed by atoms with E-state index in [4.69, 9.17) is 0 Å². The van der Waals surface area contributed by atoms with Crippen LogP contribution in [0.4, 0.5) is 11.4 Å². The molecule has 4 aromatic rings. The number of para-hydroxylation sites is 3. The first-order valence-corrected chi connectivity index (χ1v) is 9.52. The Morgan fingerprint density at radius 2 is 1.43 bits per heavy atom. The van der Waals surface area contributed by atoms with E-state index in [2.05, 4.69) is 28.6 Å². The fourth-order valence-corrected chi connectivity index (χ4v) is 3.43. The van der Waals surface area contributed by atoms with E-state index in [1.54, 1.807) is 4.90 Å². The minimum absolute atomic E-state index is 0.0244. The number of nitrogens with zero attached hydrogens (tertiary/aromatic N) is 1. The maximum Gasteiger partial charge on any atom is 0.245 e. The molecule has 0 spiro atoms. The van der Waals surface area contributed by atoms with Gasteiger partial charge in [-0.3, -0.25) is 9.69 Å². The zero-order valence-electron chi connectivity index (χ0n) is 15.6. The molecule has 3 aromatic carbocycles. The molecule has 0 aliphatic rings. The van der Waals surface area contributed by atoms with Crippen LogP contribution in [-0.4, -0.2) is 24.0 Å². The van der Waals surface area contributed by atoms with Gasteiger partial charge >= 0.3 is 0 Å². The molecule has 0 aliphatic heterocycles. The number of amides is 1. The van der Waals surface area contributed by atoms with E-state index in [0.29, 0.717) is 0 Å². The van der Waals surface area contributed by atoms with E-state index in [1.165, 1.54) is 10.9 Å². The van der Waals surface area contributed by atoms with Crippen LogP contribution < -0.4 is 10.2 Å². The highest BCUT2D eigenvalue weighted by molar-refractivity contribution is 6.01. The Bertz CT molecular complexity index is 1000. The number of carbonyl (C=O) groups is 1. The largest absolute Gasteiger partial charge is 0.361 e. The molecule has 1 amide bonds. The van der Waals surface area contributed by atoms with Gasteiger partial charge in [0.2, 0.25) is 5.91 Å². The Morgan fingerprint density at radius 1 is 0.821 bits per heavy atom. The van der Waals surface area contributed by atoms with Crippen molar-refractivity contribution in [3.05, 3.63) is 96.7 Å². The Hall–Kier alpha value is -3.37. The maximum absolute atomic E-state index is 13.0. The van der Waals surface area contributed by atoms with Gasteiger partial charge in [0.15, 0.2) is 0 Å². The molecule has 0 bridgehead atoms. The summed E-state index contributed by atoms with van der Waals surface area (Å²) >= 11 is 0. The van der Waals surface area contributed by atoms with Gasteiger partial charge < -0.3 is 10.3 Å². The highest BCUT2D eigenvalue weighted by atomic mass is 16.2. The number of aromatic nitrogens is 1. The van der Waals surface area contributed by atoms with Crippen molar-refractivity contribution in [1.29, 1.82) is 0 Å². The average molecular weight is 369 g/mol. The lowest BCUT2D eigenvalue weighted by Crippen LogP contribution is -2.36. The monoisotopic (exact) mass is 369 g/mol. The second kappa shape index (κ2) is 8.55. The molecule has 0 unspecified atom stereocenters. The minimum atomic E-state index is 0.0244. The van der Waals surface area contributed by atoms with Crippen molar-refractivity contribution in [2.24, 2.45) is 0 Å². The van der Waals surface area contributed by atoms with Gasteiger partial charge in [-0.1, -0.05) is 54.6 Å². The van der Waals surface area contributed by atoms with Crippen LogP contribution >= 0.6 is 0 Å². The molecule has 0 atom stereocenters. The summed E-state index contributed by atoms with van der Waals surface area (Å²) < 4.78 is 0. The molecule has 0 saturated heterocycles. The molecule has 140 valence electrons. The Balaban J connectivity index is 1.41. The van der Waals surface area contributed by atoms with Crippen LogP contribution in [0.5, 0.6) is 0 Å². The molecule has 28 heavy (non-hydrogen) atoms. The molecule has 4 nitrogen and oxygen atoms in total. The molecule has 0 radical (unpaired) electrons. The number of hydrogen-bond acceptors (Lipinski definition) is 2. The van der Waals surface area contributed by atoms with Gasteiger partial charge in [0.25, 0.3) is 0 Å². The van der Waals surface area contributed by atoms with Gasteiger partial charge in [-0.25, -0.2) is 0 Å². The zero-order chi connectivity index (χ0) is 19.2. The van der Waals surface area contributed by atoms with E-state index in [1.807, 2.05) is 72.8 Å². The number of hydrogen-bond donors (Lipinski definition) is 2. The van der Waals surface area contributed by atoms with E-state index >= 15 is 0 Å². The summed E-state index contributed by atoms with van der Waals surface area (Å²) in [6.45, 7) is 1.02. The molecule has 1 heterocycles. The Labute approximate surface area is 164 Å². The van der Waals surface area contributed by atoms with Gasteiger partial charge in [0, 0.05) is 28.5 Å². The molecule has 1 aromatic heterocycles. The first-order chi connectivity index (χ1) is 13.8. The van der Waals surface area contributed by atoms with E-state index in [9.17, 15) is 4.79 Å². The van der Waals surface area contributed by atoms with Crippen molar-refractivity contribution in [3.8, 4) is 0 Å². The van der Waals surface area contributed by atoms with Crippen molar-refractivity contribution in [2.45, 2.75) is 6.42 Å². The van der Waals surface area contributed by atoms with Crippen molar-refractivity contribution >= 4 is 28.2 Å². The number of anilines is 2. The number of rotatable bonds is 7. The average Bonchev–Trinajstić information content (AvgIpc) is 3.16. The second-order valence-electron chi connectivity index (χ2n) is 6.69. The van der Waals surface area contributed by atoms with Gasteiger partial charge in [0.05, 0.1) is 6.54 Å². The van der Waals surface area contributed by atoms with Crippen molar-refractivity contribution < 1.29 is 4.79 Å². The van der Waals surface area contributed by atoms with Crippen LogP contribution in [0.25, 0.3) is 10.9 Å². The van der Waals surface area contributed by atoms with Crippen molar-refractivity contribution in [2.75, 3.05) is 18.0 Å². The SMILES string of the molecule is O=C(CNCCc1c[nH]c2ccccc12)N(c1ccccc1)c1ccccc1. The third-order valence-electron chi connectivity index (χ3n) is 4.80. The lowest BCUT2D eigenvalue weighted by atomic mass is 10.1. The minimum Gasteiger partial charge on any atom is -0.361 e. The second-order valence-corrected chi connectivity index (χ2v) is 6.69. The van der Waals surface area contributed by atoms with Crippen LogP contribution in [0.15, 0.2) is 91.1 Å². The molecule has 4 rings (SSSR count).